The van der Waals surface area contributed by atoms with Crippen LogP contribution in [-0.4, -0.2) is 31.1 Å². The van der Waals surface area contributed by atoms with Crippen LogP contribution < -0.4 is 9.46 Å². The molecular formula is C32H29Cl2N3O6S. The van der Waals surface area contributed by atoms with Crippen molar-refractivity contribution in [1.29, 1.82) is 0 Å². The van der Waals surface area contributed by atoms with Gasteiger partial charge < -0.3 is 14.0 Å². The van der Waals surface area contributed by atoms with Gasteiger partial charge in [0, 0.05) is 11.3 Å². The molecule has 0 amide bonds. The summed E-state index contributed by atoms with van der Waals surface area (Å²) in [6.45, 7) is 5.95. The molecule has 9 nitrogen and oxygen atoms in total. The van der Waals surface area contributed by atoms with Crippen LogP contribution in [0.3, 0.4) is 0 Å². The number of hydrogen-bond acceptors (Lipinski definition) is 8. The van der Waals surface area contributed by atoms with Crippen LogP contribution in [0.2, 0.25) is 10.0 Å². The number of rotatable bonds is 11. The lowest BCUT2D eigenvalue weighted by Gasteiger charge is -2.12. The molecule has 0 aliphatic heterocycles. The number of pyridine rings is 1. The van der Waals surface area contributed by atoms with Crippen LogP contribution in [0.25, 0.3) is 22.0 Å². The van der Waals surface area contributed by atoms with E-state index in [0.29, 0.717) is 22.6 Å². The van der Waals surface area contributed by atoms with Crippen LogP contribution in [0.5, 0.6) is 5.75 Å². The number of esters is 1. The molecule has 0 saturated carbocycles. The number of fused-ring (bicyclic) bond motifs is 1. The van der Waals surface area contributed by atoms with Crippen molar-refractivity contribution < 1.29 is 27.2 Å². The van der Waals surface area contributed by atoms with Crippen LogP contribution in [-0.2, 0) is 27.1 Å². The van der Waals surface area contributed by atoms with E-state index < -0.39 is 21.7 Å². The molecule has 0 saturated heterocycles. The second-order valence-electron chi connectivity index (χ2n) is 10.2. The molecule has 0 aliphatic carbocycles. The number of sulfonamides is 1. The summed E-state index contributed by atoms with van der Waals surface area (Å²) in [6.07, 6.45) is 0. The van der Waals surface area contributed by atoms with E-state index in [-0.39, 0.29) is 46.3 Å². The second kappa shape index (κ2) is 13.3. The van der Waals surface area contributed by atoms with E-state index in [1.165, 1.54) is 0 Å². The van der Waals surface area contributed by atoms with Crippen molar-refractivity contribution in [1.82, 2.24) is 10.1 Å². The maximum Gasteiger partial charge on any atom is 0.356 e. The largest absolute Gasteiger partial charge is 0.489 e. The zero-order valence-corrected chi connectivity index (χ0v) is 26.5. The lowest BCUT2D eigenvalue weighted by molar-refractivity contribution is 0.0520. The predicted octanol–water partition coefficient (Wildman–Crippen LogP) is 8.02. The van der Waals surface area contributed by atoms with Gasteiger partial charge in [-0.15, -0.1) is 0 Å². The third kappa shape index (κ3) is 7.15. The SMILES string of the molecule is CCOC(=O)c1ccc2cc(-c3ccc(OCc4c(CS(=O)(=O)Nc5c(Cl)cccc5Cl)noc4C(C)C)cc3)ccc2n1. The highest BCUT2D eigenvalue weighted by molar-refractivity contribution is 7.91. The second-order valence-corrected chi connectivity index (χ2v) is 12.8. The molecule has 0 radical (unpaired) electrons. The molecule has 2 aromatic heterocycles. The number of para-hydroxylation sites is 1. The molecule has 5 rings (SSSR count). The molecule has 0 bridgehead atoms. The van der Waals surface area contributed by atoms with Crippen molar-refractivity contribution in [3.63, 3.8) is 0 Å². The van der Waals surface area contributed by atoms with E-state index in [2.05, 4.69) is 14.9 Å². The number of aromatic nitrogens is 2. The summed E-state index contributed by atoms with van der Waals surface area (Å²) in [5, 5.41) is 5.30. The number of anilines is 1. The third-order valence-electron chi connectivity index (χ3n) is 6.72. The number of ether oxygens (including phenoxy) is 2. The quantitative estimate of drug-likeness (QED) is 0.142. The average molecular weight is 655 g/mol. The zero-order valence-electron chi connectivity index (χ0n) is 24.1. The summed E-state index contributed by atoms with van der Waals surface area (Å²) in [5.41, 5.74) is 3.78. The van der Waals surface area contributed by atoms with Gasteiger partial charge in [-0.2, -0.15) is 0 Å². The molecule has 44 heavy (non-hydrogen) atoms. The Balaban J connectivity index is 1.30. The first-order valence-corrected chi connectivity index (χ1v) is 16.2. The zero-order chi connectivity index (χ0) is 31.4. The Hall–Kier alpha value is -4.12. The van der Waals surface area contributed by atoms with Gasteiger partial charge in [-0.25, -0.2) is 18.2 Å². The van der Waals surface area contributed by atoms with Crippen molar-refractivity contribution in [3.05, 3.63) is 106 Å². The number of nitrogens with zero attached hydrogens (tertiary/aromatic N) is 2. The van der Waals surface area contributed by atoms with Gasteiger partial charge in [0.05, 0.1) is 33.4 Å². The van der Waals surface area contributed by atoms with Crippen LogP contribution in [0.1, 0.15) is 54.2 Å². The van der Waals surface area contributed by atoms with Crippen molar-refractivity contribution >= 4 is 55.8 Å². The lowest BCUT2D eigenvalue weighted by atomic mass is 10.0. The highest BCUT2D eigenvalue weighted by Crippen LogP contribution is 2.32. The van der Waals surface area contributed by atoms with E-state index in [4.69, 9.17) is 37.2 Å². The fourth-order valence-corrected chi connectivity index (χ4v) is 6.36. The first-order valence-electron chi connectivity index (χ1n) is 13.8. The fourth-order valence-electron chi connectivity index (χ4n) is 4.57. The van der Waals surface area contributed by atoms with Crippen molar-refractivity contribution in [3.8, 4) is 16.9 Å². The van der Waals surface area contributed by atoms with Crippen molar-refractivity contribution in [2.75, 3.05) is 11.3 Å². The number of benzene rings is 3. The molecule has 0 aliphatic rings. The normalized spacial score (nSPS) is 11.6. The topological polar surface area (TPSA) is 121 Å². The van der Waals surface area contributed by atoms with E-state index in [9.17, 15) is 13.2 Å². The summed E-state index contributed by atoms with van der Waals surface area (Å²) >= 11 is 12.3. The number of carbonyl (C=O) groups excluding carboxylic acids is 1. The maximum absolute atomic E-state index is 13.0. The Morgan fingerprint density at radius 1 is 0.977 bits per heavy atom. The van der Waals surface area contributed by atoms with Crippen molar-refractivity contribution in [2.45, 2.75) is 39.0 Å². The smallest absolute Gasteiger partial charge is 0.356 e. The van der Waals surface area contributed by atoms with Crippen LogP contribution in [0, 0.1) is 0 Å². The summed E-state index contributed by atoms with van der Waals surface area (Å²) in [7, 11) is -3.94. The molecule has 0 spiro atoms. The third-order valence-corrected chi connectivity index (χ3v) is 8.51. The van der Waals surface area contributed by atoms with Gasteiger partial charge in [0.2, 0.25) is 10.0 Å². The van der Waals surface area contributed by atoms with Crippen LogP contribution in [0.15, 0.2) is 77.3 Å². The van der Waals surface area contributed by atoms with E-state index in [0.717, 1.165) is 16.5 Å². The molecule has 2 heterocycles. The summed E-state index contributed by atoms with van der Waals surface area (Å²) in [6, 6.07) is 21.5. The Bertz CT molecular complexity index is 1900. The van der Waals surface area contributed by atoms with E-state index in [1.54, 1.807) is 31.2 Å². The van der Waals surface area contributed by atoms with Gasteiger partial charge in [0.15, 0.2) is 0 Å². The Morgan fingerprint density at radius 3 is 2.36 bits per heavy atom. The highest BCUT2D eigenvalue weighted by atomic mass is 35.5. The molecular weight excluding hydrogens is 625 g/mol. The van der Waals surface area contributed by atoms with Gasteiger partial charge in [0.1, 0.15) is 35.3 Å². The molecule has 0 unspecified atom stereocenters. The number of nitrogens with one attached hydrogen (secondary N) is 1. The summed E-state index contributed by atoms with van der Waals surface area (Å²) in [4.78, 5) is 16.4. The Kier molecular flexibility index (Phi) is 9.43. The number of carbonyl (C=O) groups is 1. The minimum atomic E-state index is -3.94. The van der Waals surface area contributed by atoms with Crippen LogP contribution >= 0.6 is 23.2 Å². The average Bonchev–Trinajstić information content (AvgIpc) is 3.39. The highest BCUT2D eigenvalue weighted by Gasteiger charge is 2.25. The molecule has 228 valence electrons. The molecule has 12 heteroatoms. The first kappa shape index (κ1) is 31.3. The van der Waals surface area contributed by atoms with E-state index in [1.807, 2.05) is 62.4 Å². The summed E-state index contributed by atoms with van der Waals surface area (Å²) < 4.78 is 45.1. The van der Waals surface area contributed by atoms with Crippen LogP contribution in [0.4, 0.5) is 5.69 Å². The minimum absolute atomic E-state index is 0.0540. The Labute approximate surface area is 265 Å². The molecule has 0 fully saturated rings. The van der Waals surface area contributed by atoms with Gasteiger partial charge >= 0.3 is 5.97 Å². The standard InChI is InChI=1S/C32H29Cl2N3O6S/c1-4-41-32(38)28-15-11-22-16-21(10-14-27(22)35-28)20-8-12-23(13-9-20)42-17-24-29(36-43-31(24)19(2)3)18-44(39,40)37-30-25(33)6-5-7-26(30)34/h5-16,19,37H,4,17-18H2,1-3H3. The molecule has 1 N–H and O–H groups in total. The first-order chi connectivity index (χ1) is 21.0. The van der Waals surface area contributed by atoms with Crippen molar-refractivity contribution in [2.24, 2.45) is 0 Å². The summed E-state index contributed by atoms with van der Waals surface area (Å²) in [5.74, 6) is 0.162. The van der Waals surface area contributed by atoms with Gasteiger partial charge in [-0.1, -0.05) is 72.5 Å². The molecule has 3 aromatic carbocycles. The monoisotopic (exact) mass is 653 g/mol. The molecule has 0 atom stereocenters. The maximum atomic E-state index is 13.0. The number of halogens is 2. The van der Waals surface area contributed by atoms with Gasteiger partial charge in [0.25, 0.3) is 0 Å². The minimum Gasteiger partial charge on any atom is -0.489 e. The lowest BCUT2D eigenvalue weighted by Crippen LogP contribution is -2.17. The Morgan fingerprint density at radius 2 is 1.68 bits per heavy atom. The molecule has 5 aromatic rings. The van der Waals surface area contributed by atoms with E-state index >= 15 is 0 Å². The van der Waals surface area contributed by atoms with Gasteiger partial charge in [-0.3, -0.25) is 4.72 Å². The fraction of sp³-hybridized carbons (Fsp3) is 0.219. The van der Waals surface area contributed by atoms with Gasteiger partial charge in [-0.05, 0) is 60.5 Å². The predicted molar refractivity (Wildman–Crippen MR) is 171 cm³/mol. The number of hydrogen-bond donors (Lipinski definition) is 1.